The molecule has 1 nitrogen and oxygen atoms in total. The van der Waals surface area contributed by atoms with Gasteiger partial charge in [0, 0.05) is 20.4 Å². The number of aliphatic hydroxyl groups excluding tert-OH is 1. The molecule has 1 saturated carbocycles. The van der Waals surface area contributed by atoms with Crippen molar-refractivity contribution in [3.8, 4) is 0 Å². The molecule has 84 valence electrons. The standard InChI is InChI=1S/C11H15BrOS2/c12-9-5-6-14-11(9)10(13)7-15-8-3-1-2-4-8/h5-6,8,10,13H,1-4,7H2. The molecule has 4 heteroatoms. The van der Waals surface area contributed by atoms with Crippen molar-refractivity contribution in [2.45, 2.75) is 37.0 Å². The van der Waals surface area contributed by atoms with Gasteiger partial charge in [-0.05, 0) is 40.2 Å². The van der Waals surface area contributed by atoms with Crippen LogP contribution in [0.25, 0.3) is 0 Å². The molecule has 1 N–H and O–H groups in total. The first-order valence-corrected chi connectivity index (χ1v) is 8.02. The largest absolute Gasteiger partial charge is 0.387 e. The molecule has 0 amide bonds. The van der Waals surface area contributed by atoms with Gasteiger partial charge < -0.3 is 5.11 Å². The fourth-order valence-electron chi connectivity index (χ4n) is 1.90. The first-order valence-electron chi connectivity index (χ1n) is 5.30. The summed E-state index contributed by atoms with van der Waals surface area (Å²) in [6, 6.07) is 2.00. The predicted octanol–water partition coefficient (Wildman–Crippen LogP) is 4.22. The zero-order valence-corrected chi connectivity index (χ0v) is 11.7. The Balaban J connectivity index is 1.81. The van der Waals surface area contributed by atoms with Crippen molar-refractivity contribution < 1.29 is 5.11 Å². The van der Waals surface area contributed by atoms with E-state index in [1.54, 1.807) is 11.3 Å². The van der Waals surface area contributed by atoms with Crippen molar-refractivity contribution in [2.24, 2.45) is 0 Å². The number of thioether (sulfide) groups is 1. The SMILES string of the molecule is OC(CSC1CCCC1)c1sccc1Br. The molecule has 0 saturated heterocycles. The van der Waals surface area contributed by atoms with E-state index in [-0.39, 0.29) is 6.10 Å². The highest BCUT2D eigenvalue weighted by atomic mass is 79.9. The van der Waals surface area contributed by atoms with Gasteiger partial charge in [-0.15, -0.1) is 11.3 Å². The highest BCUT2D eigenvalue weighted by molar-refractivity contribution is 9.10. The number of aliphatic hydroxyl groups is 1. The summed E-state index contributed by atoms with van der Waals surface area (Å²) < 4.78 is 1.05. The molecule has 1 atom stereocenters. The van der Waals surface area contributed by atoms with Crippen molar-refractivity contribution in [3.63, 3.8) is 0 Å². The third-order valence-electron chi connectivity index (χ3n) is 2.74. The van der Waals surface area contributed by atoms with Crippen LogP contribution in [0.15, 0.2) is 15.9 Å². The van der Waals surface area contributed by atoms with Crippen LogP contribution in [0.2, 0.25) is 0 Å². The topological polar surface area (TPSA) is 20.2 Å². The van der Waals surface area contributed by atoms with Crippen LogP contribution in [0.4, 0.5) is 0 Å². The minimum Gasteiger partial charge on any atom is -0.387 e. The van der Waals surface area contributed by atoms with Gasteiger partial charge in [-0.25, -0.2) is 0 Å². The molecule has 1 unspecified atom stereocenters. The molecular formula is C11H15BrOS2. The Labute approximate surface area is 107 Å². The molecule has 0 radical (unpaired) electrons. The van der Waals surface area contributed by atoms with Crippen molar-refractivity contribution >= 4 is 39.0 Å². The summed E-state index contributed by atoms with van der Waals surface area (Å²) in [7, 11) is 0. The van der Waals surface area contributed by atoms with Gasteiger partial charge >= 0.3 is 0 Å². The Morgan fingerprint density at radius 3 is 2.87 bits per heavy atom. The van der Waals surface area contributed by atoms with Crippen molar-refractivity contribution in [2.75, 3.05) is 5.75 Å². The van der Waals surface area contributed by atoms with Crippen LogP contribution in [0, 0.1) is 0 Å². The molecule has 2 rings (SSSR count). The molecule has 1 heterocycles. The molecule has 1 aliphatic rings. The minimum absolute atomic E-state index is 0.301. The van der Waals surface area contributed by atoms with Crippen LogP contribution < -0.4 is 0 Å². The number of hydrogen-bond donors (Lipinski definition) is 1. The van der Waals surface area contributed by atoms with E-state index in [0.717, 1.165) is 20.4 Å². The van der Waals surface area contributed by atoms with Crippen LogP contribution in [0.5, 0.6) is 0 Å². The van der Waals surface area contributed by atoms with E-state index in [1.807, 2.05) is 23.2 Å². The van der Waals surface area contributed by atoms with Gasteiger partial charge in [-0.3, -0.25) is 0 Å². The summed E-state index contributed by atoms with van der Waals surface area (Å²) in [5.41, 5.74) is 0. The fourth-order valence-corrected chi connectivity index (χ4v) is 4.92. The summed E-state index contributed by atoms with van der Waals surface area (Å²) in [5, 5.41) is 12.8. The second kappa shape index (κ2) is 5.71. The third kappa shape index (κ3) is 3.22. The lowest BCUT2D eigenvalue weighted by atomic mass is 10.3. The Hall–Kier alpha value is 0.490. The van der Waals surface area contributed by atoms with E-state index in [1.165, 1.54) is 25.7 Å². The molecule has 0 bridgehead atoms. The second-order valence-corrected chi connectivity index (χ2v) is 7.02. The maximum atomic E-state index is 10.0. The Kier molecular flexibility index (Phi) is 4.55. The smallest absolute Gasteiger partial charge is 0.0983 e. The summed E-state index contributed by atoms with van der Waals surface area (Å²) in [6.07, 6.45) is 5.11. The molecule has 1 aromatic heterocycles. The summed E-state index contributed by atoms with van der Waals surface area (Å²) in [5.74, 6) is 0.837. The average Bonchev–Trinajstić information content (AvgIpc) is 2.84. The first-order chi connectivity index (χ1) is 7.27. The van der Waals surface area contributed by atoms with Gasteiger partial charge in [0.1, 0.15) is 0 Å². The molecule has 1 fully saturated rings. The normalized spacial score (nSPS) is 19.6. The highest BCUT2D eigenvalue weighted by Gasteiger charge is 2.19. The number of thiophene rings is 1. The van der Waals surface area contributed by atoms with Crippen LogP contribution in [0.1, 0.15) is 36.7 Å². The van der Waals surface area contributed by atoms with Crippen molar-refractivity contribution in [3.05, 3.63) is 20.8 Å². The molecule has 0 spiro atoms. The van der Waals surface area contributed by atoms with Gasteiger partial charge in [0.2, 0.25) is 0 Å². The van der Waals surface area contributed by atoms with E-state index in [9.17, 15) is 5.11 Å². The van der Waals surface area contributed by atoms with E-state index in [2.05, 4.69) is 15.9 Å². The molecule has 1 aliphatic carbocycles. The second-order valence-electron chi connectivity index (χ2n) is 3.89. The highest BCUT2D eigenvalue weighted by Crippen LogP contribution is 2.35. The maximum absolute atomic E-state index is 10.0. The Morgan fingerprint density at radius 2 is 2.27 bits per heavy atom. The average molecular weight is 307 g/mol. The summed E-state index contributed by atoms with van der Waals surface area (Å²) in [6.45, 7) is 0. The van der Waals surface area contributed by atoms with Crippen molar-refractivity contribution in [1.29, 1.82) is 0 Å². The lowest BCUT2D eigenvalue weighted by Gasteiger charge is -2.12. The zero-order valence-electron chi connectivity index (χ0n) is 8.49. The number of halogens is 1. The number of hydrogen-bond acceptors (Lipinski definition) is 3. The Bertz CT molecular complexity index is 307. The van der Waals surface area contributed by atoms with Crippen molar-refractivity contribution in [1.82, 2.24) is 0 Å². The predicted molar refractivity (Wildman–Crippen MR) is 71.7 cm³/mol. The monoisotopic (exact) mass is 306 g/mol. The molecule has 0 aliphatic heterocycles. The summed E-state index contributed by atoms with van der Waals surface area (Å²) >= 11 is 7.03. The van der Waals surface area contributed by atoms with Crippen LogP contribution in [-0.2, 0) is 0 Å². The van der Waals surface area contributed by atoms with E-state index < -0.39 is 0 Å². The maximum Gasteiger partial charge on any atom is 0.0983 e. The minimum atomic E-state index is -0.301. The quantitative estimate of drug-likeness (QED) is 0.899. The van der Waals surface area contributed by atoms with Gasteiger partial charge in [0.05, 0.1) is 6.10 Å². The summed E-state index contributed by atoms with van der Waals surface area (Å²) in [4.78, 5) is 1.07. The van der Waals surface area contributed by atoms with Crippen LogP contribution in [0.3, 0.4) is 0 Å². The first kappa shape index (κ1) is 12.0. The lowest BCUT2D eigenvalue weighted by molar-refractivity contribution is 0.207. The van der Waals surface area contributed by atoms with E-state index in [0.29, 0.717) is 0 Å². The van der Waals surface area contributed by atoms with Crippen LogP contribution >= 0.6 is 39.0 Å². The third-order valence-corrected chi connectivity index (χ3v) is 6.16. The zero-order chi connectivity index (χ0) is 10.7. The van der Waals surface area contributed by atoms with Gasteiger partial charge in [0.15, 0.2) is 0 Å². The molecular weight excluding hydrogens is 292 g/mol. The molecule has 1 aromatic rings. The van der Waals surface area contributed by atoms with Gasteiger partial charge in [0.25, 0.3) is 0 Å². The Morgan fingerprint density at radius 1 is 1.53 bits per heavy atom. The number of rotatable bonds is 4. The lowest BCUT2D eigenvalue weighted by Crippen LogP contribution is -2.03. The fraction of sp³-hybridized carbons (Fsp3) is 0.636. The van der Waals surface area contributed by atoms with Gasteiger partial charge in [-0.2, -0.15) is 11.8 Å². The molecule has 15 heavy (non-hydrogen) atoms. The van der Waals surface area contributed by atoms with E-state index in [4.69, 9.17) is 0 Å². The molecule has 0 aromatic carbocycles. The van der Waals surface area contributed by atoms with Gasteiger partial charge in [-0.1, -0.05) is 12.8 Å². The van der Waals surface area contributed by atoms with E-state index >= 15 is 0 Å². The van der Waals surface area contributed by atoms with Crippen LogP contribution in [-0.4, -0.2) is 16.1 Å².